The van der Waals surface area contributed by atoms with E-state index in [0.29, 0.717) is 12.0 Å². The summed E-state index contributed by atoms with van der Waals surface area (Å²) in [4.78, 5) is 27.4. The van der Waals surface area contributed by atoms with Gasteiger partial charge in [-0.15, -0.1) is 0 Å². The van der Waals surface area contributed by atoms with Crippen molar-refractivity contribution in [2.75, 3.05) is 7.11 Å². The first-order valence-electron chi connectivity index (χ1n) is 9.00. The van der Waals surface area contributed by atoms with Gasteiger partial charge in [0.25, 0.3) is 0 Å². The van der Waals surface area contributed by atoms with Crippen LogP contribution in [-0.2, 0) is 18.6 Å². The van der Waals surface area contributed by atoms with Gasteiger partial charge in [0.1, 0.15) is 18.3 Å². The van der Waals surface area contributed by atoms with Gasteiger partial charge in [0.15, 0.2) is 5.34 Å². The fourth-order valence-corrected chi connectivity index (χ4v) is 4.05. The summed E-state index contributed by atoms with van der Waals surface area (Å²) in [5, 5.41) is 18.7. The van der Waals surface area contributed by atoms with Crippen LogP contribution in [0.15, 0.2) is 17.2 Å². The Labute approximate surface area is 163 Å². The quantitative estimate of drug-likeness (QED) is 0.453. The van der Waals surface area contributed by atoms with E-state index >= 15 is 0 Å². The lowest BCUT2D eigenvalue weighted by Crippen LogP contribution is -2.40. The monoisotopic (exact) mass is 420 g/mol. The lowest BCUT2D eigenvalue weighted by atomic mass is 9.92. The number of aliphatic hydroxyl groups excluding tert-OH is 1. The fraction of sp³-hybridized carbons (Fsp3) is 0.765. The summed E-state index contributed by atoms with van der Waals surface area (Å²) in [6, 6.07) is 0. The predicted octanol–water partition coefficient (Wildman–Crippen LogP) is 1.07. The van der Waals surface area contributed by atoms with Gasteiger partial charge < -0.3 is 34.1 Å². The average Bonchev–Trinajstić information content (AvgIpc) is 2.89. The van der Waals surface area contributed by atoms with Gasteiger partial charge in [-0.3, -0.25) is 4.57 Å². The van der Waals surface area contributed by atoms with Gasteiger partial charge >= 0.3 is 13.3 Å². The van der Waals surface area contributed by atoms with Gasteiger partial charge in [0.2, 0.25) is 0 Å². The lowest BCUT2D eigenvalue weighted by Gasteiger charge is -2.36. The second kappa shape index (κ2) is 8.31. The van der Waals surface area contributed by atoms with Gasteiger partial charge in [-0.2, -0.15) is 0 Å². The topological polar surface area (TPSA) is 151 Å². The number of nitrogens with zero attached hydrogens (tertiary/aromatic N) is 1. The molecule has 160 valence electrons. The standard InChI is InChI=1S/C17H29N2O8P/c1-6-17(4,27-28(23,24)16(2,3)22)7-11-12(20)14(25-5)13(26-11)10-8-18-15(21)19-9-10/h8-9,11-14,20,22H,6-7H2,1-5H3,(H,23,24)(H,18,19,21). The van der Waals surface area contributed by atoms with Crippen LogP contribution in [0.4, 0.5) is 0 Å². The molecule has 0 amide bonds. The molecule has 11 heteroatoms. The number of aliphatic hydroxyl groups is 2. The number of H-pyrrole nitrogens is 1. The number of hydrogen-bond donors (Lipinski definition) is 4. The molecule has 10 nitrogen and oxygen atoms in total. The molecule has 1 saturated heterocycles. The first-order valence-corrected chi connectivity index (χ1v) is 10.6. The fourth-order valence-electron chi connectivity index (χ4n) is 3.03. The molecule has 0 aromatic carbocycles. The van der Waals surface area contributed by atoms with Crippen molar-refractivity contribution in [2.45, 2.75) is 75.9 Å². The highest BCUT2D eigenvalue weighted by atomic mass is 31.2. The molecule has 1 aliphatic heterocycles. The Hall–Kier alpha value is -1.13. The number of rotatable bonds is 8. The van der Waals surface area contributed by atoms with E-state index in [2.05, 4.69) is 9.97 Å². The molecule has 2 heterocycles. The molecule has 0 aliphatic carbocycles. The molecular weight excluding hydrogens is 391 g/mol. The number of methoxy groups -OCH3 is 1. The van der Waals surface area contributed by atoms with E-state index in [0.717, 1.165) is 0 Å². The van der Waals surface area contributed by atoms with Crippen LogP contribution >= 0.6 is 7.60 Å². The second-order valence-electron chi connectivity index (χ2n) is 7.75. The van der Waals surface area contributed by atoms with E-state index in [4.69, 9.17) is 14.0 Å². The number of aromatic nitrogens is 2. The van der Waals surface area contributed by atoms with Crippen molar-refractivity contribution >= 4 is 7.60 Å². The highest BCUT2D eigenvalue weighted by Crippen LogP contribution is 2.57. The van der Waals surface area contributed by atoms with E-state index < -0.39 is 48.6 Å². The molecule has 6 atom stereocenters. The number of nitrogens with one attached hydrogen (secondary N) is 1. The van der Waals surface area contributed by atoms with Crippen LogP contribution in [-0.4, -0.2) is 61.4 Å². The summed E-state index contributed by atoms with van der Waals surface area (Å²) in [5.41, 5.74) is -1.13. The van der Waals surface area contributed by atoms with Gasteiger partial charge in [-0.05, 0) is 27.2 Å². The van der Waals surface area contributed by atoms with Gasteiger partial charge in [0, 0.05) is 31.5 Å². The Morgan fingerprint density at radius 1 is 1.39 bits per heavy atom. The van der Waals surface area contributed by atoms with Crippen molar-refractivity contribution in [3.63, 3.8) is 0 Å². The van der Waals surface area contributed by atoms with Crippen LogP contribution in [0.25, 0.3) is 0 Å². The van der Waals surface area contributed by atoms with Crippen molar-refractivity contribution in [3.8, 4) is 0 Å². The van der Waals surface area contributed by atoms with Gasteiger partial charge in [-0.1, -0.05) is 6.92 Å². The Bertz CT molecular complexity index is 759. The molecule has 2 rings (SSSR count). The molecule has 0 bridgehead atoms. The van der Waals surface area contributed by atoms with Crippen molar-refractivity contribution in [2.24, 2.45) is 0 Å². The molecule has 28 heavy (non-hydrogen) atoms. The maximum absolute atomic E-state index is 12.4. The highest BCUT2D eigenvalue weighted by Gasteiger charge is 2.50. The number of hydrogen-bond acceptors (Lipinski definition) is 8. The van der Waals surface area contributed by atoms with Gasteiger partial charge in [-0.25, -0.2) is 9.78 Å². The molecule has 0 radical (unpaired) electrons. The average molecular weight is 420 g/mol. The summed E-state index contributed by atoms with van der Waals surface area (Å²) in [7, 11) is -2.93. The third-order valence-corrected chi connectivity index (χ3v) is 7.12. The van der Waals surface area contributed by atoms with E-state index in [9.17, 15) is 24.5 Å². The molecular formula is C17H29N2O8P. The largest absolute Gasteiger partial charge is 0.388 e. The van der Waals surface area contributed by atoms with Crippen molar-refractivity contribution in [1.82, 2.24) is 9.97 Å². The summed E-state index contributed by atoms with van der Waals surface area (Å²) in [5.74, 6) is 0. The molecule has 1 aliphatic rings. The third kappa shape index (κ3) is 4.88. The first kappa shape index (κ1) is 23.2. The highest BCUT2D eigenvalue weighted by molar-refractivity contribution is 7.54. The minimum absolute atomic E-state index is 0.0818. The zero-order valence-corrected chi connectivity index (χ0v) is 17.6. The van der Waals surface area contributed by atoms with E-state index in [1.165, 1.54) is 33.4 Å². The normalized spacial score (nSPS) is 30.0. The summed E-state index contributed by atoms with van der Waals surface area (Å²) >= 11 is 0. The molecule has 4 N–H and O–H groups in total. The van der Waals surface area contributed by atoms with Gasteiger partial charge in [0.05, 0.1) is 11.7 Å². The number of ether oxygens (including phenoxy) is 2. The zero-order chi connectivity index (χ0) is 21.3. The Morgan fingerprint density at radius 2 is 2.04 bits per heavy atom. The third-order valence-electron chi connectivity index (χ3n) is 5.05. The van der Waals surface area contributed by atoms with E-state index in [1.807, 2.05) is 0 Å². The molecule has 1 aromatic heterocycles. The number of aromatic amines is 1. The Kier molecular flexibility index (Phi) is 6.87. The summed E-state index contributed by atoms with van der Waals surface area (Å²) < 4.78 is 29.2. The minimum atomic E-state index is -4.35. The minimum Gasteiger partial charge on any atom is -0.388 e. The van der Waals surface area contributed by atoms with Crippen LogP contribution in [0.1, 0.15) is 52.2 Å². The summed E-state index contributed by atoms with van der Waals surface area (Å²) in [6.45, 7) is 5.78. The zero-order valence-electron chi connectivity index (χ0n) is 16.7. The van der Waals surface area contributed by atoms with Crippen LogP contribution in [0.3, 0.4) is 0 Å². The Balaban J connectivity index is 2.23. The lowest BCUT2D eigenvalue weighted by molar-refractivity contribution is -0.0522. The second-order valence-corrected chi connectivity index (χ2v) is 10.1. The maximum atomic E-state index is 12.4. The SMILES string of the molecule is CCC(C)(CC1OC(c2cnc(=O)[nH]c2)C(OC)C1O)OP(=O)(O)C(C)(C)O. The smallest absolute Gasteiger partial charge is 0.359 e. The van der Waals surface area contributed by atoms with Crippen molar-refractivity contribution in [3.05, 3.63) is 28.4 Å². The van der Waals surface area contributed by atoms with E-state index in [-0.39, 0.29) is 6.42 Å². The molecule has 1 fully saturated rings. The maximum Gasteiger partial charge on any atom is 0.359 e. The molecule has 6 unspecified atom stereocenters. The van der Waals surface area contributed by atoms with Crippen LogP contribution in [0, 0.1) is 0 Å². The first-order chi connectivity index (χ1) is 12.8. The molecule has 1 aromatic rings. The summed E-state index contributed by atoms with van der Waals surface area (Å²) in [6.07, 6.45) is -0.0328. The van der Waals surface area contributed by atoms with Crippen LogP contribution in [0.5, 0.6) is 0 Å². The van der Waals surface area contributed by atoms with Crippen molar-refractivity contribution < 1.29 is 33.7 Å². The predicted molar refractivity (Wildman–Crippen MR) is 99.8 cm³/mol. The molecule has 0 spiro atoms. The van der Waals surface area contributed by atoms with Crippen LogP contribution in [0.2, 0.25) is 0 Å². The Morgan fingerprint density at radius 3 is 2.50 bits per heavy atom. The van der Waals surface area contributed by atoms with Crippen molar-refractivity contribution in [1.29, 1.82) is 0 Å². The van der Waals surface area contributed by atoms with E-state index in [1.54, 1.807) is 13.8 Å². The molecule has 0 saturated carbocycles. The van der Waals surface area contributed by atoms with Crippen LogP contribution < -0.4 is 5.69 Å².